The van der Waals surface area contributed by atoms with Gasteiger partial charge in [0.25, 0.3) is 0 Å². The Balaban J connectivity index is 1.67. The van der Waals surface area contributed by atoms with Gasteiger partial charge in [0.15, 0.2) is 0 Å². The predicted molar refractivity (Wildman–Crippen MR) is 110 cm³/mol. The Morgan fingerprint density at radius 1 is 1.26 bits per heavy atom. The molecule has 2 rings (SSSR count). The third-order valence-electron chi connectivity index (χ3n) is 4.45. The summed E-state index contributed by atoms with van der Waals surface area (Å²) < 4.78 is 5.20. The summed E-state index contributed by atoms with van der Waals surface area (Å²) in [5, 5.41) is 5.97. The lowest BCUT2D eigenvalue weighted by Gasteiger charge is -2.27. The molecule has 2 atom stereocenters. The minimum atomic E-state index is -0.479. The van der Waals surface area contributed by atoms with Crippen molar-refractivity contribution in [3.8, 4) is 0 Å². The van der Waals surface area contributed by atoms with Crippen molar-refractivity contribution < 1.29 is 14.3 Å². The molecule has 0 radical (unpaired) electrons. The maximum atomic E-state index is 12.5. The number of carbonyl (C=O) groups excluding carboxylic acids is 2. The standard InChI is InChI=1S/C21H32N2O3S/c1-15(9-7-8-13-22-20(25)26-21(2,3)4)19(24)23-17-12-14-27-18-11-6-5-10-16(17)18/h5-6,10-11,15,17H,7-9,12-14H2,1-4H3,(H,22,25)(H,23,24). The summed E-state index contributed by atoms with van der Waals surface area (Å²) >= 11 is 1.86. The van der Waals surface area contributed by atoms with E-state index >= 15 is 0 Å². The minimum Gasteiger partial charge on any atom is -0.444 e. The Kier molecular flexibility index (Phi) is 8.02. The van der Waals surface area contributed by atoms with Crippen LogP contribution in [0.2, 0.25) is 0 Å². The van der Waals surface area contributed by atoms with Crippen LogP contribution in [-0.4, -0.2) is 29.9 Å². The molecule has 0 saturated carbocycles. The lowest BCUT2D eigenvalue weighted by atomic mass is 10.00. The van der Waals surface area contributed by atoms with Crippen LogP contribution in [0.1, 0.15) is 65.0 Å². The summed E-state index contributed by atoms with van der Waals surface area (Å²) in [5.41, 5.74) is 0.753. The first-order chi connectivity index (χ1) is 12.8. The zero-order valence-corrected chi connectivity index (χ0v) is 17.7. The van der Waals surface area contributed by atoms with Crippen molar-refractivity contribution in [2.24, 2.45) is 5.92 Å². The molecule has 1 aliphatic rings. The van der Waals surface area contributed by atoms with Crippen molar-refractivity contribution in [2.45, 2.75) is 69.9 Å². The van der Waals surface area contributed by atoms with E-state index in [0.29, 0.717) is 6.54 Å². The first-order valence-corrected chi connectivity index (χ1v) is 10.7. The molecule has 0 aromatic heterocycles. The number of alkyl carbamates (subject to hydrolysis) is 1. The number of unbranched alkanes of at least 4 members (excludes halogenated alkanes) is 1. The van der Waals surface area contributed by atoms with Gasteiger partial charge in [-0.15, -0.1) is 11.8 Å². The van der Waals surface area contributed by atoms with Crippen LogP contribution in [0.15, 0.2) is 29.2 Å². The Bertz CT molecular complexity index is 643. The molecule has 6 heteroatoms. The number of ether oxygens (including phenoxy) is 1. The number of benzene rings is 1. The number of amides is 2. The van der Waals surface area contributed by atoms with Crippen LogP contribution in [0.25, 0.3) is 0 Å². The normalized spacial score (nSPS) is 17.6. The molecule has 1 aliphatic heterocycles. The highest BCUT2D eigenvalue weighted by Gasteiger charge is 2.23. The number of hydrogen-bond donors (Lipinski definition) is 2. The summed E-state index contributed by atoms with van der Waals surface area (Å²) in [7, 11) is 0. The van der Waals surface area contributed by atoms with Gasteiger partial charge >= 0.3 is 6.09 Å². The third kappa shape index (κ3) is 7.45. The summed E-state index contributed by atoms with van der Waals surface area (Å²) in [4.78, 5) is 25.4. The van der Waals surface area contributed by atoms with Crippen LogP contribution in [0.3, 0.4) is 0 Å². The zero-order valence-electron chi connectivity index (χ0n) is 16.8. The van der Waals surface area contributed by atoms with Gasteiger partial charge in [0.2, 0.25) is 5.91 Å². The fourth-order valence-electron chi connectivity index (χ4n) is 3.02. The minimum absolute atomic E-state index is 0.0340. The van der Waals surface area contributed by atoms with E-state index in [9.17, 15) is 9.59 Å². The number of rotatable bonds is 7. The summed E-state index contributed by atoms with van der Waals surface area (Å²) in [5.74, 6) is 1.11. The van der Waals surface area contributed by atoms with E-state index in [1.165, 1.54) is 10.5 Å². The van der Waals surface area contributed by atoms with Crippen molar-refractivity contribution in [2.75, 3.05) is 12.3 Å². The Labute approximate surface area is 167 Å². The number of carbonyl (C=O) groups is 2. The van der Waals surface area contributed by atoms with Gasteiger partial charge in [-0.2, -0.15) is 0 Å². The second-order valence-corrected chi connectivity index (χ2v) is 9.20. The fourth-order valence-corrected chi connectivity index (χ4v) is 4.14. The van der Waals surface area contributed by atoms with Gasteiger partial charge in [0.1, 0.15) is 5.60 Å². The monoisotopic (exact) mass is 392 g/mol. The molecule has 1 aromatic carbocycles. The van der Waals surface area contributed by atoms with Crippen molar-refractivity contribution >= 4 is 23.8 Å². The number of nitrogens with one attached hydrogen (secondary N) is 2. The second-order valence-electron chi connectivity index (χ2n) is 8.06. The Morgan fingerprint density at radius 3 is 2.74 bits per heavy atom. The van der Waals surface area contributed by atoms with Gasteiger partial charge in [-0.1, -0.05) is 31.5 Å². The highest BCUT2D eigenvalue weighted by atomic mass is 32.2. The maximum absolute atomic E-state index is 12.5. The van der Waals surface area contributed by atoms with Crippen LogP contribution in [0.5, 0.6) is 0 Å². The van der Waals surface area contributed by atoms with Crippen molar-refractivity contribution in [1.29, 1.82) is 0 Å². The molecule has 0 aliphatic carbocycles. The number of hydrogen-bond acceptors (Lipinski definition) is 4. The van der Waals surface area contributed by atoms with Gasteiger partial charge in [-0.25, -0.2) is 4.79 Å². The summed E-state index contributed by atoms with van der Waals surface area (Å²) in [6, 6.07) is 8.43. The molecule has 2 N–H and O–H groups in total. The molecule has 27 heavy (non-hydrogen) atoms. The molecule has 0 saturated heterocycles. The lowest BCUT2D eigenvalue weighted by molar-refractivity contribution is -0.125. The Morgan fingerprint density at radius 2 is 2.00 bits per heavy atom. The largest absolute Gasteiger partial charge is 0.444 e. The smallest absolute Gasteiger partial charge is 0.407 e. The average molecular weight is 393 g/mol. The summed E-state index contributed by atoms with van der Waals surface area (Å²) in [6.07, 6.45) is 3.12. The van der Waals surface area contributed by atoms with Crippen molar-refractivity contribution in [1.82, 2.24) is 10.6 Å². The van der Waals surface area contributed by atoms with E-state index in [1.807, 2.05) is 51.6 Å². The predicted octanol–water partition coefficient (Wildman–Crippen LogP) is 4.67. The highest BCUT2D eigenvalue weighted by Crippen LogP contribution is 2.35. The zero-order chi connectivity index (χ0) is 19.9. The topological polar surface area (TPSA) is 67.4 Å². The molecule has 0 fully saturated rings. The van der Waals surface area contributed by atoms with Gasteiger partial charge in [-0.3, -0.25) is 4.79 Å². The van der Waals surface area contributed by atoms with E-state index in [2.05, 4.69) is 22.8 Å². The summed E-state index contributed by atoms with van der Waals surface area (Å²) in [6.45, 7) is 8.07. The maximum Gasteiger partial charge on any atom is 0.407 e. The third-order valence-corrected chi connectivity index (χ3v) is 5.58. The van der Waals surface area contributed by atoms with E-state index in [1.54, 1.807) is 0 Å². The van der Waals surface area contributed by atoms with Crippen molar-refractivity contribution in [3.63, 3.8) is 0 Å². The molecule has 1 heterocycles. The molecule has 1 aromatic rings. The van der Waals surface area contributed by atoms with E-state index in [-0.39, 0.29) is 24.0 Å². The molecular formula is C21H32N2O3S. The average Bonchev–Trinajstić information content (AvgIpc) is 2.60. The van der Waals surface area contributed by atoms with Crippen LogP contribution in [-0.2, 0) is 9.53 Å². The molecule has 2 unspecified atom stereocenters. The van der Waals surface area contributed by atoms with Gasteiger partial charge in [-0.05, 0) is 51.7 Å². The van der Waals surface area contributed by atoms with E-state index in [4.69, 9.17) is 4.74 Å². The van der Waals surface area contributed by atoms with E-state index in [0.717, 1.165) is 31.4 Å². The highest BCUT2D eigenvalue weighted by molar-refractivity contribution is 7.99. The lowest BCUT2D eigenvalue weighted by Crippen LogP contribution is -2.34. The molecule has 0 spiro atoms. The van der Waals surface area contributed by atoms with E-state index < -0.39 is 5.60 Å². The molecule has 5 nitrogen and oxygen atoms in total. The van der Waals surface area contributed by atoms with Crippen LogP contribution >= 0.6 is 11.8 Å². The Hall–Kier alpha value is -1.69. The van der Waals surface area contributed by atoms with Gasteiger partial charge in [0.05, 0.1) is 6.04 Å². The second kappa shape index (κ2) is 10.0. The van der Waals surface area contributed by atoms with Gasteiger partial charge < -0.3 is 15.4 Å². The van der Waals surface area contributed by atoms with Gasteiger partial charge in [0, 0.05) is 23.1 Å². The first kappa shape index (κ1) is 21.6. The first-order valence-electron chi connectivity index (χ1n) is 9.75. The molecule has 0 bridgehead atoms. The number of fused-ring (bicyclic) bond motifs is 1. The molecule has 2 amide bonds. The van der Waals surface area contributed by atoms with Crippen LogP contribution in [0, 0.1) is 5.92 Å². The molecule has 150 valence electrons. The SMILES string of the molecule is CC(CCCCNC(=O)OC(C)(C)C)C(=O)NC1CCSc2ccccc21. The van der Waals surface area contributed by atoms with Crippen LogP contribution < -0.4 is 10.6 Å². The van der Waals surface area contributed by atoms with Crippen molar-refractivity contribution in [3.05, 3.63) is 29.8 Å². The molecular weight excluding hydrogens is 360 g/mol. The fraction of sp³-hybridized carbons (Fsp3) is 0.619. The quantitative estimate of drug-likeness (QED) is 0.662. The van der Waals surface area contributed by atoms with Crippen LogP contribution in [0.4, 0.5) is 4.79 Å². The number of thioether (sulfide) groups is 1.